The molecule has 0 bridgehead atoms. The third-order valence-corrected chi connectivity index (χ3v) is 12.2. The molecule has 8 aromatic carbocycles. The van der Waals surface area contributed by atoms with Gasteiger partial charge in [0.1, 0.15) is 11.2 Å². The van der Waals surface area contributed by atoms with E-state index in [1.807, 2.05) is 17.4 Å². The Kier molecular flexibility index (Phi) is 7.03. The number of aromatic nitrogens is 4. The minimum absolute atomic E-state index is 0.571. The maximum absolute atomic E-state index is 6.44. The number of hydrogen-bond donors (Lipinski definition) is 0. The van der Waals surface area contributed by atoms with Crippen LogP contribution in [0.5, 0.6) is 0 Å². The monoisotopic (exact) mass is 746 g/mol. The molecule has 12 aromatic rings. The van der Waals surface area contributed by atoms with Crippen LogP contribution in [0.25, 0.3) is 115 Å². The highest BCUT2D eigenvalue weighted by molar-refractivity contribution is 7.26. The molecule has 266 valence electrons. The van der Waals surface area contributed by atoms with Crippen molar-refractivity contribution in [2.75, 3.05) is 0 Å². The minimum atomic E-state index is 0.571. The van der Waals surface area contributed by atoms with Crippen molar-refractivity contribution in [1.82, 2.24) is 19.5 Å². The average Bonchev–Trinajstić information content (AvgIpc) is 3.96. The number of furan rings is 1. The third-order valence-electron chi connectivity index (χ3n) is 11.1. The Balaban J connectivity index is 1.05. The van der Waals surface area contributed by atoms with Crippen molar-refractivity contribution in [3.8, 4) is 51.0 Å². The first-order chi connectivity index (χ1) is 28.2. The number of nitrogens with zero attached hydrogens (tertiary/aromatic N) is 4. The molecule has 0 aliphatic rings. The van der Waals surface area contributed by atoms with Gasteiger partial charge in [-0.3, -0.25) is 4.57 Å². The van der Waals surface area contributed by atoms with Crippen LogP contribution in [-0.4, -0.2) is 19.5 Å². The van der Waals surface area contributed by atoms with Gasteiger partial charge in [0.25, 0.3) is 0 Å². The highest BCUT2D eigenvalue weighted by Gasteiger charge is 2.19. The average molecular weight is 747 g/mol. The Labute approximate surface area is 330 Å². The van der Waals surface area contributed by atoms with Gasteiger partial charge < -0.3 is 4.42 Å². The van der Waals surface area contributed by atoms with E-state index in [9.17, 15) is 0 Å². The van der Waals surface area contributed by atoms with E-state index in [4.69, 9.17) is 19.4 Å². The van der Waals surface area contributed by atoms with E-state index in [-0.39, 0.29) is 0 Å². The zero-order valence-electron chi connectivity index (χ0n) is 30.4. The van der Waals surface area contributed by atoms with Crippen LogP contribution >= 0.6 is 11.3 Å². The number of rotatable bonds is 5. The van der Waals surface area contributed by atoms with Gasteiger partial charge in [-0.2, -0.15) is 9.97 Å². The fourth-order valence-corrected chi connectivity index (χ4v) is 9.54. The van der Waals surface area contributed by atoms with Crippen LogP contribution in [0.4, 0.5) is 0 Å². The number of para-hydroxylation sites is 2. The molecule has 0 fully saturated rings. The molecule has 5 nitrogen and oxygen atoms in total. The van der Waals surface area contributed by atoms with E-state index < -0.39 is 0 Å². The molecule has 57 heavy (non-hydrogen) atoms. The SMILES string of the molecule is c1ccc(-c2cccc(-c3nc(-c4cccc(-c5ccc6oc7ccc8sc9ccccc9c8c7c6c5)c4)nc(-n4c5ccccc5c5ccccc54)n3)c2)cc1. The summed E-state index contributed by atoms with van der Waals surface area (Å²) in [5.41, 5.74) is 10.1. The van der Waals surface area contributed by atoms with Gasteiger partial charge in [0.15, 0.2) is 11.6 Å². The summed E-state index contributed by atoms with van der Waals surface area (Å²) in [4.78, 5) is 15.7. The highest BCUT2D eigenvalue weighted by atomic mass is 32.1. The Morgan fingerprint density at radius 2 is 0.930 bits per heavy atom. The third kappa shape index (κ3) is 5.12. The quantitative estimate of drug-likeness (QED) is 0.176. The maximum Gasteiger partial charge on any atom is 0.238 e. The smallest absolute Gasteiger partial charge is 0.238 e. The van der Waals surface area contributed by atoms with Gasteiger partial charge >= 0.3 is 0 Å². The molecule has 0 saturated carbocycles. The lowest BCUT2D eigenvalue weighted by Crippen LogP contribution is -2.06. The first-order valence-corrected chi connectivity index (χ1v) is 19.8. The molecule has 0 amide bonds. The number of fused-ring (bicyclic) bond motifs is 10. The summed E-state index contributed by atoms with van der Waals surface area (Å²) < 4.78 is 11.1. The fourth-order valence-electron chi connectivity index (χ4n) is 8.43. The van der Waals surface area contributed by atoms with Crippen molar-refractivity contribution < 1.29 is 4.42 Å². The lowest BCUT2D eigenvalue weighted by Gasteiger charge is -2.12. The summed E-state index contributed by atoms with van der Waals surface area (Å²) in [6, 6.07) is 63.7. The molecular weight excluding hydrogens is 717 g/mol. The lowest BCUT2D eigenvalue weighted by atomic mass is 9.99. The van der Waals surface area contributed by atoms with Crippen LogP contribution < -0.4 is 0 Å². The van der Waals surface area contributed by atoms with Gasteiger partial charge in [0.2, 0.25) is 5.95 Å². The highest BCUT2D eigenvalue weighted by Crippen LogP contribution is 2.43. The zero-order chi connectivity index (χ0) is 37.5. The van der Waals surface area contributed by atoms with Crippen LogP contribution in [0, 0.1) is 0 Å². The van der Waals surface area contributed by atoms with Crippen LogP contribution in [0.2, 0.25) is 0 Å². The van der Waals surface area contributed by atoms with E-state index >= 15 is 0 Å². The van der Waals surface area contributed by atoms with Gasteiger partial charge in [-0.25, -0.2) is 4.98 Å². The van der Waals surface area contributed by atoms with Gasteiger partial charge in [-0.05, 0) is 76.9 Å². The van der Waals surface area contributed by atoms with E-state index in [0.717, 1.165) is 77.1 Å². The predicted molar refractivity (Wildman–Crippen MR) is 236 cm³/mol. The van der Waals surface area contributed by atoms with Crippen molar-refractivity contribution in [2.45, 2.75) is 0 Å². The molecule has 4 aromatic heterocycles. The molecule has 12 rings (SSSR count). The Morgan fingerprint density at radius 1 is 0.368 bits per heavy atom. The van der Waals surface area contributed by atoms with Gasteiger partial charge in [0, 0.05) is 52.8 Å². The summed E-state index contributed by atoms with van der Waals surface area (Å²) in [5, 5.41) is 7.09. The van der Waals surface area contributed by atoms with Crippen LogP contribution in [-0.2, 0) is 0 Å². The van der Waals surface area contributed by atoms with Crippen molar-refractivity contribution in [3.63, 3.8) is 0 Å². The molecule has 0 aliphatic heterocycles. The molecule has 0 N–H and O–H groups in total. The molecule has 0 radical (unpaired) electrons. The zero-order valence-corrected chi connectivity index (χ0v) is 31.2. The summed E-state index contributed by atoms with van der Waals surface area (Å²) in [5.74, 6) is 1.78. The lowest BCUT2D eigenvalue weighted by molar-refractivity contribution is 0.669. The molecule has 0 saturated heterocycles. The Morgan fingerprint density at radius 3 is 1.65 bits per heavy atom. The Bertz CT molecular complexity index is 3490. The van der Waals surface area contributed by atoms with E-state index in [1.165, 1.54) is 20.2 Å². The first kappa shape index (κ1) is 31.9. The summed E-state index contributed by atoms with van der Waals surface area (Å²) in [7, 11) is 0. The number of benzene rings is 8. The summed E-state index contributed by atoms with van der Waals surface area (Å²) in [6.45, 7) is 0. The normalized spacial score (nSPS) is 11.9. The Hall–Kier alpha value is -7.41. The molecule has 6 heteroatoms. The molecule has 0 aliphatic carbocycles. The summed E-state index contributed by atoms with van der Waals surface area (Å²) >= 11 is 1.83. The molecule has 0 unspecified atom stereocenters. The van der Waals surface area contributed by atoms with Crippen molar-refractivity contribution in [2.24, 2.45) is 0 Å². The first-order valence-electron chi connectivity index (χ1n) is 19.0. The minimum Gasteiger partial charge on any atom is -0.456 e. The maximum atomic E-state index is 6.44. The molecule has 0 spiro atoms. The fraction of sp³-hybridized carbons (Fsp3) is 0. The van der Waals surface area contributed by atoms with E-state index in [1.54, 1.807) is 0 Å². The van der Waals surface area contributed by atoms with E-state index in [2.05, 4.69) is 180 Å². The number of thiophene rings is 1. The van der Waals surface area contributed by atoms with Crippen LogP contribution in [0.15, 0.2) is 186 Å². The standard InChI is InChI=1S/C51H30N4OS/c1-2-12-31(13-3-1)32-14-10-16-35(28-32)49-52-50(54-51(53-49)55-41-21-7-4-18-37(41)38-19-5-8-22-42(38)55)36-17-11-15-33(29-36)34-24-25-43-40(30-34)47-44(56-43)26-27-46-48(47)39-20-6-9-23-45(39)57-46/h1-30H. The van der Waals surface area contributed by atoms with Gasteiger partial charge in [-0.1, -0.05) is 127 Å². The molecule has 4 heterocycles. The predicted octanol–water partition coefficient (Wildman–Crippen LogP) is 13.9. The molecular formula is C51H30N4OS. The van der Waals surface area contributed by atoms with Gasteiger partial charge in [0.05, 0.1) is 11.0 Å². The topological polar surface area (TPSA) is 56.7 Å². The summed E-state index contributed by atoms with van der Waals surface area (Å²) in [6.07, 6.45) is 0. The second-order valence-electron chi connectivity index (χ2n) is 14.4. The molecule has 0 atom stereocenters. The number of hydrogen-bond acceptors (Lipinski definition) is 5. The van der Waals surface area contributed by atoms with Gasteiger partial charge in [-0.15, -0.1) is 11.3 Å². The second-order valence-corrected chi connectivity index (χ2v) is 15.5. The second kappa shape index (κ2) is 12.6. The van der Waals surface area contributed by atoms with Crippen molar-refractivity contribution >= 4 is 75.3 Å². The van der Waals surface area contributed by atoms with Crippen LogP contribution in [0.3, 0.4) is 0 Å². The largest absolute Gasteiger partial charge is 0.456 e. The van der Waals surface area contributed by atoms with Crippen molar-refractivity contribution in [1.29, 1.82) is 0 Å². The van der Waals surface area contributed by atoms with Crippen LogP contribution in [0.1, 0.15) is 0 Å². The van der Waals surface area contributed by atoms with E-state index in [0.29, 0.717) is 17.6 Å². The van der Waals surface area contributed by atoms with Crippen molar-refractivity contribution in [3.05, 3.63) is 182 Å².